The lowest BCUT2D eigenvalue weighted by Crippen LogP contribution is -2.52. The Morgan fingerprint density at radius 1 is 1.14 bits per heavy atom. The molecule has 29 heavy (non-hydrogen) atoms. The van der Waals surface area contributed by atoms with E-state index in [0.717, 1.165) is 25.7 Å². The van der Waals surface area contributed by atoms with Crippen LogP contribution in [0.2, 0.25) is 5.15 Å². The largest absolute Gasteiger partial charge is 0.352 e. The van der Waals surface area contributed by atoms with Crippen molar-refractivity contribution in [3.05, 3.63) is 59.4 Å². The normalized spacial score (nSPS) is 15.3. The number of nitrogens with zero attached hydrogens (tertiary/aromatic N) is 2. The van der Waals surface area contributed by atoms with Gasteiger partial charge in [0.2, 0.25) is 5.91 Å². The summed E-state index contributed by atoms with van der Waals surface area (Å²) in [7, 11) is 0. The van der Waals surface area contributed by atoms with Crippen molar-refractivity contribution in [2.24, 2.45) is 5.92 Å². The fraction of sp³-hybridized carbons (Fsp3) is 0.435. The van der Waals surface area contributed by atoms with Crippen molar-refractivity contribution in [3.63, 3.8) is 0 Å². The second kappa shape index (κ2) is 9.88. The van der Waals surface area contributed by atoms with E-state index < -0.39 is 6.04 Å². The van der Waals surface area contributed by atoms with Crippen molar-refractivity contribution in [1.82, 2.24) is 10.3 Å². The molecule has 1 aliphatic rings. The number of carbonyl (C=O) groups excluding carboxylic acids is 2. The highest BCUT2D eigenvalue weighted by molar-refractivity contribution is 6.29. The van der Waals surface area contributed by atoms with Gasteiger partial charge in [0.1, 0.15) is 11.2 Å². The monoisotopic (exact) mass is 413 g/mol. The molecule has 1 saturated carbocycles. The van der Waals surface area contributed by atoms with E-state index in [1.165, 1.54) is 6.20 Å². The van der Waals surface area contributed by atoms with Crippen LogP contribution in [-0.2, 0) is 4.79 Å². The maximum atomic E-state index is 13.5. The topological polar surface area (TPSA) is 62.3 Å². The number of para-hydroxylation sites is 1. The van der Waals surface area contributed by atoms with Crippen LogP contribution in [0.25, 0.3) is 0 Å². The molecule has 3 rings (SSSR count). The van der Waals surface area contributed by atoms with E-state index in [1.54, 1.807) is 17.0 Å². The number of anilines is 1. The maximum absolute atomic E-state index is 13.5. The van der Waals surface area contributed by atoms with Gasteiger partial charge in [-0.05, 0) is 49.4 Å². The van der Waals surface area contributed by atoms with Crippen LogP contribution in [0.15, 0.2) is 48.7 Å². The number of rotatable bonds is 7. The molecule has 0 radical (unpaired) electrons. The van der Waals surface area contributed by atoms with Gasteiger partial charge in [-0.15, -0.1) is 0 Å². The van der Waals surface area contributed by atoms with Crippen molar-refractivity contribution in [1.29, 1.82) is 0 Å². The second-order valence-electron chi connectivity index (χ2n) is 8.02. The van der Waals surface area contributed by atoms with Crippen LogP contribution in [0, 0.1) is 5.92 Å². The smallest absolute Gasteiger partial charge is 0.260 e. The van der Waals surface area contributed by atoms with Gasteiger partial charge in [0, 0.05) is 17.9 Å². The molecule has 1 heterocycles. The third-order valence-electron chi connectivity index (χ3n) is 5.24. The molecule has 1 atom stereocenters. The van der Waals surface area contributed by atoms with Crippen molar-refractivity contribution in [2.75, 3.05) is 4.90 Å². The van der Waals surface area contributed by atoms with Crippen molar-refractivity contribution in [3.8, 4) is 0 Å². The van der Waals surface area contributed by atoms with Gasteiger partial charge in [0.25, 0.3) is 5.91 Å². The van der Waals surface area contributed by atoms with Crippen molar-refractivity contribution in [2.45, 2.75) is 58.0 Å². The summed E-state index contributed by atoms with van der Waals surface area (Å²) >= 11 is 5.89. The number of carbonyl (C=O) groups is 2. The van der Waals surface area contributed by atoms with Crippen LogP contribution in [0.1, 0.15) is 56.3 Å². The molecule has 0 unspecified atom stereocenters. The third-order valence-corrected chi connectivity index (χ3v) is 5.46. The van der Waals surface area contributed by atoms with Gasteiger partial charge >= 0.3 is 0 Å². The summed E-state index contributed by atoms with van der Waals surface area (Å²) in [6, 6.07) is 12.2. The Bertz CT molecular complexity index is 818. The number of nitrogens with one attached hydrogen (secondary N) is 1. The zero-order chi connectivity index (χ0) is 20.8. The summed E-state index contributed by atoms with van der Waals surface area (Å²) in [5, 5.41) is 3.50. The van der Waals surface area contributed by atoms with Gasteiger partial charge in [0.15, 0.2) is 0 Å². The molecule has 1 N–H and O–H groups in total. The molecular formula is C23H28ClN3O2. The Labute approximate surface area is 177 Å². The summed E-state index contributed by atoms with van der Waals surface area (Å²) in [4.78, 5) is 32.4. The molecule has 0 saturated heterocycles. The Morgan fingerprint density at radius 3 is 2.41 bits per heavy atom. The highest BCUT2D eigenvalue weighted by atomic mass is 35.5. The summed E-state index contributed by atoms with van der Waals surface area (Å²) in [6.07, 6.45) is 6.30. The van der Waals surface area contributed by atoms with E-state index >= 15 is 0 Å². The standard InChI is InChI=1S/C23H28ClN3O2/c1-16(2)14-20(22(28)26-18-8-6-7-9-18)27(19-10-4-3-5-11-19)23(29)17-12-13-21(24)25-15-17/h3-5,10-13,15-16,18,20H,6-9,14H2,1-2H3,(H,26,28)/t20-/m1/s1. The van der Waals surface area contributed by atoms with Gasteiger partial charge in [0.05, 0.1) is 5.56 Å². The van der Waals surface area contributed by atoms with Crippen LogP contribution in [0.4, 0.5) is 5.69 Å². The first kappa shape index (κ1) is 21.3. The molecule has 2 aromatic rings. The SMILES string of the molecule is CC(C)C[C@H](C(=O)NC1CCCC1)N(C(=O)c1ccc(Cl)nc1)c1ccccc1. The third kappa shape index (κ3) is 5.57. The average Bonchev–Trinajstić information content (AvgIpc) is 3.21. The van der Waals surface area contributed by atoms with Gasteiger partial charge in [-0.3, -0.25) is 14.5 Å². The summed E-state index contributed by atoms with van der Waals surface area (Å²) in [5.74, 6) is -0.103. The zero-order valence-electron chi connectivity index (χ0n) is 17.0. The molecule has 0 bridgehead atoms. The van der Waals surface area contributed by atoms with Crippen LogP contribution < -0.4 is 10.2 Å². The number of aromatic nitrogens is 1. The molecule has 6 heteroatoms. The first-order valence-electron chi connectivity index (χ1n) is 10.3. The minimum absolute atomic E-state index is 0.0928. The van der Waals surface area contributed by atoms with E-state index in [0.29, 0.717) is 22.8 Å². The maximum Gasteiger partial charge on any atom is 0.260 e. The predicted molar refractivity (Wildman–Crippen MR) is 116 cm³/mol. The molecule has 2 amide bonds. The molecule has 0 spiro atoms. The predicted octanol–water partition coefficient (Wildman–Crippen LogP) is 4.86. The van der Waals surface area contributed by atoms with Gasteiger partial charge in [-0.1, -0.05) is 56.5 Å². The second-order valence-corrected chi connectivity index (χ2v) is 8.40. The molecule has 1 aromatic heterocycles. The summed E-state index contributed by atoms with van der Waals surface area (Å²) < 4.78 is 0. The van der Waals surface area contributed by atoms with E-state index in [9.17, 15) is 9.59 Å². The highest BCUT2D eigenvalue weighted by Crippen LogP contribution is 2.25. The Kier molecular flexibility index (Phi) is 7.26. The molecule has 0 aliphatic heterocycles. The molecular weight excluding hydrogens is 386 g/mol. The van der Waals surface area contributed by atoms with E-state index in [1.807, 2.05) is 30.3 Å². The van der Waals surface area contributed by atoms with Crippen molar-refractivity contribution >= 4 is 29.1 Å². The highest BCUT2D eigenvalue weighted by Gasteiger charge is 2.34. The molecule has 154 valence electrons. The van der Waals surface area contributed by atoms with Crippen LogP contribution in [0.5, 0.6) is 0 Å². The number of amides is 2. The average molecular weight is 414 g/mol. The first-order valence-corrected chi connectivity index (χ1v) is 10.6. The van der Waals surface area contributed by atoms with Gasteiger partial charge in [-0.2, -0.15) is 0 Å². The lowest BCUT2D eigenvalue weighted by molar-refractivity contribution is -0.123. The van der Waals surface area contributed by atoms with Gasteiger partial charge in [-0.25, -0.2) is 4.98 Å². The zero-order valence-corrected chi connectivity index (χ0v) is 17.7. The Balaban J connectivity index is 1.96. The first-order chi connectivity index (χ1) is 14.0. The number of hydrogen-bond acceptors (Lipinski definition) is 3. The molecule has 1 aromatic carbocycles. The van der Waals surface area contributed by atoms with Gasteiger partial charge < -0.3 is 5.32 Å². The minimum atomic E-state index is -0.596. The van der Waals surface area contributed by atoms with Crippen LogP contribution >= 0.6 is 11.6 Å². The Hall–Kier alpha value is -2.40. The lowest BCUT2D eigenvalue weighted by Gasteiger charge is -2.33. The minimum Gasteiger partial charge on any atom is -0.352 e. The summed E-state index contributed by atoms with van der Waals surface area (Å²) in [6.45, 7) is 4.13. The molecule has 1 aliphatic carbocycles. The Morgan fingerprint density at radius 2 is 1.83 bits per heavy atom. The van der Waals surface area contributed by atoms with E-state index in [-0.39, 0.29) is 23.8 Å². The van der Waals surface area contributed by atoms with E-state index in [2.05, 4.69) is 24.1 Å². The van der Waals surface area contributed by atoms with E-state index in [4.69, 9.17) is 11.6 Å². The quantitative estimate of drug-likeness (QED) is 0.659. The number of hydrogen-bond donors (Lipinski definition) is 1. The van der Waals surface area contributed by atoms with Crippen LogP contribution in [-0.4, -0.2) is 28.9 Å². The fourth-order valence-electron chi connectivity index (χ4n) is 3.81. The molecule has 5 nitrogen and oxygen atoms in total. The van der Waals surface area contributed by atoms with Crippen LogP contribution in [0.3, 0.4) is 0 Å². The lowest BCUT2D eigenvalue weighted by atomic mass is 9.99. The number of pyridine rings is 1. The molecule has 1 fully saturated rings. The number of halogens is 1. The fourth-order valence-corrected chi connectivity index (χ4v) is 3.92. The number of benzene rings is 1. The summed E-state index contributed by atoms with van der Waals surface area (Å²) in [5.41, 5.74) is 1.10. The van der Waals surface area contributed by atoms with Crippen molar-refractivity contribution < 1.29 is 9.59 Å².